The monoisotopic (exact) mass is 243 g/mol. The van der Waals surface area contributed by atoms with Crippen LogP contribution in [0.2, 0.25) is 0 Å². The Balaban J connectivity index is 2.24. The largest absolute Gasteiger partial charge is 0.335 e. The van der Waals surface area contributed by atoms with Gasteiger partial charge in [-0.1, -0.05) is 25.1 Å². The molecule has 3 heteroatoms. The Bertz CT molecular complexity index is 514. The highest BCUT2D eigenvalue weighted by Gasteiger charge is 2.06. The lowest BCUT2D eigenvalue weighted by atomic mass is 10.0. The summed E-state index contributed by atoms with van der Waals surface area (Å²) < 4.78 is 2.23. The van der Waals surface area contributed by atoms with Gasteiger partial charge in [0.15, 0.2) is 0 Å². The van der Waals surface area contributed by atoms with Crippen molar-refractivity contribution in [3.8, 4) is 0 Å². The summed E-state index contributed by atoms with van der Waals surface area (Å²) in [5, 5.41) is 0. The molecule has 0 radical (unpaired) electrons. The van der Waals surface area contributed by atoms with Crippen LogP contribution in [-0.2, 0) is 19.5 Å². The first kappa shape index (κ1) is 12.8. The lowest BCUT2D eigenvalue weighted by Crippen LogP contribution is -2.05. The van der Waals surface area contributed by atoms with Crippen LogP contribution in [0.1, 0.15) is 35.9 Å². The van der Waals surface area contributed by atoms with Crippen LogP contribution in [0.25, 0.3) is 0 Å². The van der Waals surface area contributed by atoms with Crippen LogP contribution in [0.3, 0.4) is 0 Å². The van der Waals surface area contributed by atoms with Gasteiger partial charge >= 0.3 is 0 Å². The Morgan fingerprint density at radius 2 is 2.17 bits per heavy atom. The molecular formula is C15H21N3. The molecule has 0 saturated heterocycles. The number of nitrogens with zero attached hydrogens (tertiary/aromatic N) is 2. The minimum absolute atomic E-state index is 0.594. The molecule has 2 N–H and O–H groups in total. The molecule has 0 bridgehead atoms. The van der Waals surface area contributed by atoms with E-state index in [0.717, 1.165) is 25.2 Å². The average molecular weight is 243 g/mol. The van der Waals surface area contributed by atoms with Crippen LogP contribution in [0.15, 0.2) is 30.6 Å². The summed E-state index contributed by atoms with van der Waals surface area (Å²) in [6, 6.07) is 6.43. The van der Waals surface area contributed by atoms with Crippen LogP contribution in [-0.4, -0.2) is 9.55 Å². The fourth-order valence-corrected chi connectivity index (χ4v) is 2.16. The zero-order chi connectivity index (χ0) is 13.0. The number of hydrogen-bond donors (Lipinski definition) is 1. The molecule has 1 heterocycles. The third kappa shape index (κ3) is 2.79. The summed E-state index contributed by atoms with van der Waals surface area (Å²) in [6.07, 6.45) is 5.95. The summed E-state index contributed by atoms with van der Waals surface area (Å²) in [5.41, 5.74) is 9.51. The number of aromatic nitrogens is 2. The Labute approximate surface area is 109 Å². The van der Waals surface area contributed by atoms with Gasteiger partial charge in [-0.2, -0.15) is 0 Å². The van der Waals surface area contributed by atoms with Gasteiger partial charge in [-0.15, -0.1) is 0 Å². The summed E-state index contributed by atoms with van der Waals surface area (Å²) in [6.45, 7) is 5.95. The average Bonchev–Trinajstić information content (AvgIpc) is 2.80. The zero-order valence-electron chi connectivity index (χ0n) is 11.2. The second-order valence-electron chi connectivity index (χ2n) is 4.68. The van der Waals surface area contributed by atoms with Crippen molar-refractivity contribution in [3.63, 3.8) is 0 Å². The Morgan fingerprint density at radius 3 is 2.89 bits per heavy atom. The van der Waals surface area contributed by atoms with Crippen molar-refractivity contribution in [2.45, 2.75) is 39.8 Å². The quantitative estimate of drug-likeness (QED) is 0.877. The molecule has 0 unspecified atom stereocenters. The Hall–Kier alpha value is -1.61. The molecule has 1 aromatic carbocycles. The van der Waals surface area contributed by atoms with Gasteiger partial charge in [0, 0.05) is 31.9 Å². The van der Waals surface area contributed by atoms with E-state index in [-0.39, 0.29) is 0 Å². The van der Waals surface area contributed by atoms with Gasteiger partial charge in [0.2, 0.25) is 0 Å². The maximum absolute atomic E-state index is 5.70. The summed E-state index contributed by atoms with van der Waals surface area (Å²) in [5.74, 6) is 1.13. The van der Waals surface area contributed by atoms with E-state index in [9.17, 15) is 0 Å². The van der Waals surface area contributed by atoms with E-state index in [1.165, 1.54) is 16.7 Å². The standard InChI is InChI=1S/C15H21N3/c1-3-7-18-8-6-17-15(18)10-14-9-13(11-16)5-4-12(14)2/h4-6,8-9H,3,7,10-11,16H2,1-2H3. The smallest absolute Gasteiger partial charge is 0.113 e. The molecule has 0 aliphatic rings. The van der Waals surface area contributed by atoms with Gasteiger partial charge in [-0.3, -0.25) is 0 Å². The van der Waals surface area contributed by atoms with E-state index in [0.29, 0.717) is 6.54 Å². The van der Waals surface area contributed by atoms with E-state index in [2.05, 4.69) is 47.8 Å². The van der Waals surface area contributed by atoms with Crippen molar-refractivity contribution in [1.29, 1.82) is 0 Å². The Morgan fingerprint density at radius 1 is 1.33 bits per heavy atom. The minimum atomic E-state index is 0.594. The number of aryl methyl sites for hydroxylation is 2. The van der Waals surface area contributed by atoms with Gasteiger partial charge in [0.05, 0.1) is 0 Å². The Kier molecular flexibility index (Phi) is 4.15. The topological polar surface area (TPSA) is 43.8 Å². The zero-order valence-corrected chi connectivity index (χ0v) is 11.2. The van der Waals surface area contributed by atoms with Gasteiger partial charge < -0.3 is 10.3 Å². The van der Waals surface area contributed by atoms with Crippen molar-refractivity contribution >= 4 is 0 Å². The molecule has 3 nitrogen and oxygen atoms in total. The van der Waals surface area contributed by atoms with Gasteiger partial charge in [0.25, 0.3) is 0 Å². The highest BCUT2D eigenvalue weighted by Crippen LogP contribution is 2.15. The van der Waals surface area contributed by atoms with Crippen LogP contribution in [0.5, 0.6) is 0 Å². The lowest BCUT2D eigenvalue weighted by Gasteiger charge is -2.10. The van der Waals surface area contributed by atoms with Crippen LogP contribution < -0.4 is 5.73 Å². The first-order chi connectivity index (χ1) is 8.74. The molecular weight excluding hydrogens is 222 g/mol. The molecule has 0 aliphatic heterocycles. The van der Waals surface area contributed by atoms with Crippen LogP contribution >= 0.6 is 0 Å². The lowest BCUT2D eigenvalue weighted by molar-refractivity contribution is 0.646. The van der Waals surface area contributed by atoms with E-state index < -0.39 is 0 Å². The third-order valence-electron chi connectivity index (χ3n) is 3.26. The van der Waals surface area contributed by atoms with Crippen molar-refractivity contribution in [2.24, 2.45) is 5.73 Å². The summed E-state index contributed by atoms with van der Waals surface area (Å²) in [4.78, 5) is 4.46. The molecule has 0 aliphatic carbocycles. The normalized spacial score (nSPS) is 10.8. The van der Waals surface area contributed by atoms with Gasteiger partial charge in [-0.25, -0.2) is 4.98 Å². The SMILES string of the molecule is CCCn1ccnc1Cc1cc(CN)ccc1C. The molecule has 2 rings (SSSR count). The van der Waals surface area contributed by atoms with E-state index in [1.807, 2.05) is 6.20 Å². The molecule has 1 aromatic heterocycles. The first-order valence-corrected chi connectivity index (χ1v) is 6.53. The van der Waals surface area contributed by atoms with Gasteiger partial charge in [0.1, 0.15) is 5.82 Å². The van der Waals surface area contributed by atoms with E-state index in [1.54, 1.807) is 0 Å². The van der Waals surface area contributed by atoms with Crippen molar-refractivity contribution < 1.29 is 0 Å². The minimum Gasteiger partial charge on any atom is -0.335 e. The predicted octanol–water partition coefficient (Wildman–Crippen LogP) is 2.65. The molecule has 0 saturated carbocycles. The highest BCUT2D eigenvalue weighted by atomic mass is 15.1. The maximum Gasteiger partial charge on any atom is 0.113 e. The molecule has 0 atom stereocenters. The van der Waals surface area contributed by atoms with E-state index in [4.69, 9.17) is 5.73 Å². The molecule has 18 heavy (non-hydrogen) atoms. The molecule has 0 spiro atoms. The number of nitrogens with two attached hydrogens (primary N) is 1. The highest BCUT2D eigenvalue weighted by molar-refractivity contribution is 5.33. The third-order valence-corrected chi connectivity index (χ3v) is 3.26. The van der Waals surface area contributed by atoms with Crippen molar-refractivity contribution in [1.82, 2.24) is 9.55 Å². The molecule has 96 valence electrons. The van der Waals surface area contributed by atoms with Crippen molar-refractivity contribution in [3.05, 3.63) is 53.1 Å². The van der Waals surface area contributed by atoms with Gasteiger partial charge in [-0.05, 0) is 30.0 Å². The van der Waals surface area contributed by atoms with Crippen LogP contribution in [0.4, 0.5) is 0 Å². The molecule has 2 aromatic rings. The number of benzene rings is 1. The fraction of sp³-hybridized carbons (Fsp3) is 0.400. The molecule has 0 fully saturated rings. The van der Waals surface area contributed by atoms with E-state index >= 15 is 0 Å². The number of rotatable bonds is 5. The summed E-state index contributed by atoms with van der Waals surface area (Å²) >= 11 is 0. The number of imidazole rings is 1. The van der Waals surface area contributed by atoms with Crippen LogP contribution in [0, 0.1) is 6.92 Å². The molecule has 0 amide bonds. The van der Waals surface area contributed by atoms with Crippen molar-refractivity contribution in [2.75, 3.05) is 0 Å². The second-order valence-corrected chi connectivity index (χ2v) is 4.68. The summed E-state index contributed by atoms with van der Waals surface area (Å²) in [7, 11) is 0. The second kappa shape index (κ2) is 5.83. The number of hydrogen-bond acceptors (Lipinski definition) is 2. The predicted molar refractivity (Wildman–Crippen MR) is 74.4 cm³/mol. The maximum atomic E-state index is 5.70. The fourth-order valence-electron chi connectivity index (χ4n) is 2.16. The first-order valence-electron chi connectivity index (χ1n) is 6.53.